The Hall–Kier alpha value is -0.610. The first-order valence-corrected chi connectivity index (χ1v) is 3.80. The number of carbonyl (C=O) groups is 1. The summed E-state index contributed by atoms with van der Waals surface area (Å²) in [6.07, 6.45) is 0.818. The Labute approximate surface area is 66.8 Å². The summed E-state index contributed by atoms with van der Waals surface area (Å²) >= 11 is 0. The van der Waals surface area contributed by atoms with Gasteiger partial charge in [0.25, 0.3) is 0 Å². The molecule has 0 saturated heterocycles. The summed E-state index contributed by atoms with van der Waals surface area (Å²) in [7, 11) is 0. The normalized spacial score (nSPS) is 12.9. The molecule has 0 aromatic rings. The van der Waals surface area contributed by atoms with E-state index in [1.165, 1.54) is 0 Å². The van der Waals surface area contributed by atoms with E-state index >= 15 is 0 Å². The number of aliphatic hydroxyl groups is 1. The fraction of sp³-hybridized carbons (Fsp3) is 0.857. The number of carbonyl (C=O) groups excluding carboxylic acids is 1. The summed E-state index contributed by atoms with van der Waals surface area (Å²) < 4.78 is 0. The van der Waals surface area contributed by atoms with Gasteiger partial charge in [0.1, 0.15) is 0 Å². The summed E-state index contributed by atoms with van der Waals surface area (Å²) in [4.78, 5) is 10.2. The van der Waals surface area contributed by atoms with E-state index in [0.717, 1.165) is 13.0 Å². The van der Waals surface area contributed by atoms with E-state index in [2.05, 4.69) is 5.32 Å². The summed E-state index contributed by atoms with van der Waals surface area (Å²) in [5, 5.41) is 11.8. The number of amides is 1. The third-order valence-corrected chi connectivity index (χ3v) is 1.22. The van der Waals surface area contributed by atoms with Crippen molar-refractivity contribution in [1.82, 2.24) is 5.32 Å². The quantitative estimate of drug-likeness (QED) is 0.446. The lowest BCUT2D eigenvalue weighted by Gasteiger charge is -2.04. The Morgan fingerprint density at radius 3 is 2.82 bits per heavy atom. The Balaban J connectivity index is 2.97. The summed E-state index contributed by atoms with van der Waals surface area (Å²) in [6.45, 7) is 3.01. The van der Waals surface area contributed by atoms with Crippen molar-refractivity contribution in [1.29, 1.82) is 0 Å². The molecule has 0 saturated carbocycles. The molecular formula is C7H16N2O2. The number of aliphatic hydroxyl groups excluding tert-OH is 1. The second kappa shape index (κ2) is 6.12. The van der Waals surface area contributed by atoms with Crippen LogP contribution in [0.25, 0.3) is 0 Å². The Bertz CT molecular complexity index is 115. The molecule has 0 aliphatic rings. The maximum absolute atomic E-state index is 10.2. The monoisotopic (exact) mass is 160 g/mol. The van der Waals surface area contributed by atoms with Crippen molar-refractivity contribution in [3.63, 3.8) is 0 Å². The van der Waals surface area contributed by atoms with Crippen LogP contribution in [0.15, 0.2) is 0 Å². The highest BCUT2D eigenvalue weighted by Gasteiger charge is 1.95. The molecule has 0 aromatic heterocycles. The lowest BCUT2D eigenvalue weighted by Crippen LogP contribution is -2.26. The highest BCUT2D eigenvalue weighted by atomic mass is 16.3. The van der Waals surface area contributed by atoms with Crippen LogP contribution in [0.5, 0.6) is 0 Å². The average molecular weight is 160 g/mol. The Morgan fingerprint density at radius 1 is 1.73 bits per heavy atom. The highest BCUT2D eigenvalue weighted by Crippen LogP contribution is 1.84. The second-order valence-corrected chi connectivity index (χ2v) is 2.62. The zero-order valence-corrected chi connectivity index (χ0v) is 6.84. The molecule has 0 aliphatic heterocycles. The van der Waals surface area contributed by atoms with E-state index in [1.807, 2.05) is 0 Å². The van der Waals surface area contributed by atoms with Gasteiger partial charge in [0.05, 0.1) is 6.10 Å². The molecule has 0 heterocycles. The molecule has 0 radical (unpaired) electrons. The van der Waals surface area contributed by atoms with E-state index in [4.69, 9.17) is 10.8 Å². The molecule has 4 heteroatoms. The van der Waals surface area contributed by atoms with Crippen LogP contribution in [0, 0.1) is 0 Å². The maximum Gasteiger partial charge on any atom is 0.217 e. The highest BCUT2D eigenvalue weighted by molar-refractivity contribution is 5.73. The van der Waals surface area contributed by atoms with Gasteiger partial charge in [-0.05, 0) is 19.9 Å². The van der Waals surface area contributed by atoms with Crippen molar-refractivity contribution in [2.45, 2.75) is 25.9 Å². The standard InChI is InChI=1S/C7H16N2O2/c1-6(10)5-9-4-2-3-7(8)11/h6,9-10H,2-5H2,1H3,(H2,8,11)/t6-/m0/s1. The van der Waals surface area contributed by atoms with E-state index in [-0.39, 0.29) is 12.0 Å². The zero-order chi connectivity index (χ0) is 8.69. The van der Waals surface area contributed by atoms with Gasteiger partial charge >= 0.3 is 0 Å². The van der Waals surface area contributed by atoms with Gasteiger partial charge in [0.2, 0.25) is 5.91 Å². The van der Waals surface area contributed by atoms with Crippen molar-refractivity contribution in [3.05, 3.63) is 0 Å². The van der Waals surface area contributed by atoms with Gasteiger partial charge in [-0.25, -0.2) is 0 Å². The minimum atomic E-state index is -0.330. The molecule has 0 unspecified atom stereocenters. The predicted octanol–water partition coefficient (Wildman–Crippen LogP) is -0.778. The van der Waals surface area contributed by atoms with Gasteiger partial charge in [-0.15, -0.1) is 0 Å². The second-order valence-electron chi connectivity index (χ2n) is 2.62. The zero-order valence-electron chi connectivity index (χ0n) is 6.84. The Kier molecular flexibility index (Phi) is 5.78. The molecular weight excluding hydrogens is 144 g/mol. The lowest BCUT2D eigenvalue weighted by atomic mass is 10.3. The van der Waals surface area contributed by atoms with Crippen molar-refractivity contribution in [2.75, 3.05) is 13.1 Å². The van der Waals surface area contributed by atoms with E-state index < -0.39 is 0 Å². The number of nitrogens with two attached hydrogens (primary N) is 1. The van der Waals surface area contributed by atoms with Crippen LogP contribution in [0.2, 0.25) is 0 Å². The van der Waals surface area contributed by atoms with Crippen molar-refractivity contribution < 1.29 is 9.90 Å². The topological polar surface area (TPSA) is 75.3 Å². The maximum atomic E-state index is 10.2. The van der Waals surface area contributed by atoms with Crippen LogP contribution < -0.4 is 11.1 Å². The minimum Gasteiger partial charge on any atom is -0.392 e. The van der Waals surface area contributed by atoms with Crippen LogP contribution in [-0.4, -0.2) is 30.2 Å². The fourth-order valence-electron chi connectivity index (χ4n) is 0.699. The van der Waals surface area contributed by atoms with Gasteiger partial charge in [0, 0.05) is 13.0 Å². The Morgan fingerprint density at radius 2 is 2.36 bits per heavy atom. The number of hydrogen-bond acceptors (Lipinski definition) is 3. The van der Waals surface area contributed by atoms with Crippen LogP contribution in [-0.2, 0) is 4.79 Å². The molecule has 4 N–H and O–H groups in total. The van der Waals surface area contributed by atoms with Gasteiger partial charge in [0.15, 0.2) is 0 Å². The fourth-order valence-corrected chi connectivity index (χ4v) is 0.699. The van der Waals surface area contributed by atoms with Gasteiger partial charge < -0.3 is 16.2 Å². The molecule has 4 nitrogen and oxygen atoms in total. The van der Waals surface area contributed by atoms with Gasteiger partial charge in [-0.2, -0.15) is 0 Å². The molecule has 0 bridgehead atoms. The first kappa shape index (κ1) is 10.4. The SMILES string of the molecule is C[C@H](O)CNCCCC(N)=O. The molecule has 0 rings (SSSR count). The molecule has 0 spiro atoms. The number of primary amides is 1. The van der Waals surface area contributed by atoms with E-state index in [1.54, 1.807) is 6.92 Å². The third kappa shape index (κ3) is 9.39. The van der Waals surface area contributed by atoms with Gasteiger partial charge in [-0.3, -0.25) is 4.79 Å². The molecule has 1 atom stereocenters. The van der Waals surface area contributed by atoms with E-state index in [9.17, 15) is 4.79 Å². The van der Waals surface area contributed by atoms with Crippen molar-refractivity contribution in [2.24, 2.45) is 5.73 Å². The third-order valence-electron chi connectivity index (χ3n) is 1.22. The minimum absolute atomic E-state index is 0.274. The van der Waals surface area contributed by atoms with Crippen LogP contribution in [0.1, 0.15) is 19.8 Å². The molecule has 66 valence electrons. The van der Waals surface area contributed by atoms with Crippen LogP contribution in [0.4, 0.5) is 0 Å². The predicted molar refractivity (Wildman–Crippen MR) is 43.0 cm³/mol. The molecule has 0 fully saturated rings. The molecule has 0 aliphatic carbocycles. The number of hydrogen-bond donors (Lipinski definition) is 3. The molecule has 0 aromatic carbocycles. The molecule has 11 heavy (non-hydrogen) atoms. The first-order valence-electron chi connectivity index (χ1n) is 3.80. The summed E-state index contributed by atoms with van der Waals surface area (Å²) in [5.74, 6) is -0.274. The van der Waals surface area contributed by atoms with Crippen molar-refractivity contribution in [3.8, 4) is 0 Å². The van der Waals surface area contributed by atoms with Crippen molar-refractivity contribution >= 4 is 5.91 Å². The largest absolute Gasteiger partial charge is 0.392 e. The number of nitrogens with one attached hydrogen (secondary N) is 1. The van der Waals surface area contributed by atoms with E-state index in [0.29, 0.717) is 13.0 Å². The van der Waals surface area contributed by atoms with Crippen LogP contribution >= 0.6 is 0 Å². The summed E-state index contributed by atoms with van der Waals surface area (Å²) in [6, 6.07) is 0. The average Bonchev–Trinajstić information content (AvgIpc) is 1.85. The van der Waals surface area contributed by atoms with Crippen LogP contribution in [0.3, 0.4) is 0 Å². The summed E-state index contributed by atoms with van der Waals surface area (Å²) in [5.41, 5.74) is 4.92. The van der Waals surface area contributed by atoms with Gasteiger partial charge in [-0.1, -0.05) is 0 Å². The lowest BCUT2D eigenvalue weighted by molar-refractivity contribution is -0.118. The molecule has 1 amide bonds. The number of rotatable bonds is 6. The first-order chi connectivity index (χ1) is 5.13. The smallest absolute Gasteiger partial charge is 0.217 e.